The monoisotopic (exact) mass is 224 g/mol. The number of hydrazine groups is 1. The van der Waals surface area contributed by atoms with Gasteiger partial charge in [0.1, 0.15) is 5.82 Å². The Morgan fingerprint density at radius 1 is 1.25 bits per heavy atom. The van der Waals surface area contributed by atoms with E-state index in [0.717, 1.165) is 0 Å². The van der Waals surface area contributed by atoms with Gasteiger partial charge in [-0.1, -0.05) is 0 Å². The van der Waals surface area contributed by atoms with Gasteiger partial charge in [0.25, 0.3) is 5.91 Å². The molecule has 0 aromatic heterocycles. The van der Waals surface area contributed by atoms with E-state index in [1.165, 1.54) is 24.3 Å². The number of ether oxygens (including phenoxy) is 1. The van der Waals surface area contributed by atoms with Crippen molar-refractivity contribution in [2.75, 3.05) is 26.3 Å². The molecule has 0 unspecified atom stereocenters. The zero-order chi connectivity index (χ0) is 11.4. The Bertz CT molecular complexity index is 361. The first kappa shape index (κ1) is 11.0. The highest BCUT2D eigenvalue weighted by atomic mass is 19.1. The van der Waals surface area contributed by atoms with Crippen LogP contribution in [0.2, 0.25) is 0 Å². The van der Waals surface area contributed by atoms with Gasteiger partial charge in [0.2, 0.25) is 0 Å². The Kier molecular flexibility index (Phi) is 3.48. The lowest BCUT2D eigenvalue weighted by Crippen LogP contribution is -2.48. The van der Waals surface area contributed by atoms with Gasteiger partial charge in [0, 0.05) is 18.7 Å². The van der Waals surface area contributed by atoms with E-state index < -0.39 is 0 Å². The molecule has 1 aliphatic rings. The van der Waals surface area contributed by atoms with E-state index in [0.29, 0.717) is 31.9 Å². The molecule has 0 aliphatic carbocycles. The summed E-state index contributed by atoms with van der Waals surface area (Å²) in [5.74, 6) is -0.565. The lowest BCUT2D eigenvalue weighted by molar-refractivity contribution is 0.0126. The number of carbonyl (C=O) groups is 1. The molecule has 0 bridgehead atoms. The minimum absolute atomic E-state index is 0.220. The van der Waals surface area contributed by atoms with Crippen molar-refractivity contribution < 1.29 is 13.9 Å². The molecule has 0 radical (unpaired) electrons. The molecule has 1 N–H and O–H groups in total. The molecule has 0 saturated carbocycles. The van der Waals surface area contributed by atoms with Gasteiger partial charge in [-0.15, -0.1) is 0 Å². The molecular weight excluding hydrogens is 211 g/mol. The zero-order valence-corrected chi connectivity index (χ0v) is 8.78. The predicted octanol–water partition coefficient (Wildman–Crippen LogP) is 0.803. The summed E-state index contributed by atoms with van der Waals surface area (Å²) in [7, 11) is 0. The van der Waals surface area contributed by atoms with Crippen molar-refractivity contribution >= 4 is 5.91 Å². The second-order valence-corrected chi connectivity index (χ2v) is 3.55. The summed E-state index contributed by atoms with van der Waals surface area (Å²) in [4.78, 5) is 11.7. The number of hydrogen-bond donors (Lipinski definition) is 1. The van der Waals surface area contributed by atoms with Gasteiger partial charge in [0.05, 0.1) is 13.2 Å². The van der Waals surface area contributed by atoms with Gasteiger partial charge < -0.3 is 4.74 Å². The molecule has 0 spiro atoms. The SMILES string of the molecule is O=C(NN1CCOCC1)c1ccc(F)cc1. The Hall–Kier alpha value is -1.46. The lowest BCUT2D eigenvalue weighted by Gasteiger charge is -2.26. The Morgan fingerprint density at radius 2 is 1.88 bits per heavy atom. The molecule has 1 aliphatic heterocycles. The maximum absolute atomic E-state index is 12.7. The summed E-state index contributed by atoms with van der Waals surface area (Å²) < 4.78 is 17.8. The second kappa shape index (κ2) is 5.05. The van der Waals surface area contributed by atoms with Gasteiger partial charge in [0.15, 0.2) is 0 Å². The lowest BCUT2D eigenvalue weighted by atomic mass is 10.2. The van der Waals surface area contributed by atoms with Crippen molar-refractivity contribution in [2.24, 2.45) is 0 Å². The Morgan fingerprint density at radius 3 is 2.50 bits per heavy atom. The molecular formula is C11H13FN2O2. The second-order valence-electron chi connectivity index (χ2n) is 3.55. The van der Waals surface area contributed by atoms with Crippen molar-refractivity contribution in [3.05, 3.63) is 35.6 Å². The topological polar surface area (TPSA) is 41.6 Å². The van der Waals surface area contributed by atoms with Crippen LogP contribution in [0.3, 0.4) is 0 Å². The van der Waals surface area contributed by atoms with Crippen LogP contribution < -0.4 is 5.43 Å². The van der Waals surface area contributed by atoms with Crippen LogP contribution in [-0.4, -0.2) is 37.2 Å². The van der Waals surface area contributed by atoms with E-state index in [2.05, 4.69) is 5.43 Å². The molecule has 1 aromatic rings. The summed E-state index contributed by atoms with van der Waals surface area (Å²) in [6, 6.07) is 5.47. The highest BCUT2D eigenvalue weighted by Gasteiger charge is 2.13. The van der Waals surface area contributed by atoms with Gasteiger partial charge in [-0.25, -0.2) is 9.40 Å². The summed E-state index contributed by atoms with van der Waals surface area (Å²) in [6.45, 7) is 2.58. The van der Waals surface area contributed by atoms with Crippen molar-refractivity contribution in [3.8, 4) is 0 Å². The van der Waals surface area contributed by atoms with Crippen molar-refractivity contribution in [2.45, 2.75) is 0 Å². The number of hydrogen-bond acceptors (Lipinski definition) is 3. The van der Waals surface area contributed by atoms with Gasteiger partial charge in [-0.2, -0.15) is 0 Å². The number of halogens is 1. The Labute approximate surface area is 93.0 Å². The van der Waals surface area contributed by atoms with Crippen LogP contribution in [0.15, 0.2) is 24.3 Å². The smallest absolute Gasteiger partial charge is 0.265 e. The molecule has 5 heteroatoms. The van der Waals surface area contributed by atoms with E-state index in [1.54, 1.807) is 5.01 Å². The molecule has 2 rings (SSSR count). The molecule has 1 amide bonds. The average molecular weight is 224 g/mol. The molecule has 1 saturated heterocycles. The minimum atomic E-state index is -0.345. The van der Waals surface area contributed by atoms with E-state index >= 15 is 0 Å². The normalized spacial score (nSPS) is 17.1. The third-order valence-electron chi connectivity index (χ3n) is 2.38. The van der Waals surface area contributed by atoms with Crippen molar-refractivity contribution in [1.29, 1.82) is 0 Å². The number of carbonyl (C=O) groups excluding carboxylic acids is 1. The van der Waals surface area contributed by atoms with Crippen LogP contribution in [0.5, 0.6) is 0 Å². The van der Waals surface area contributed by atoms with Crippen LogP contribution in [0.4, 0.5) is 4.39 Å². The molecule has 86 valence electrons. The van der Waals surface area contributed by atoms with Crippen LogP contribution >= 0.6 is 0 Å². The van der Waals surface area contributed by atoms with Crippen LogP contribution in [-0.2, 0) is 4.74 Å². The third kappa shape index (κ3) is 2.77. The first-order chi connectivity index (χ1) is 7.75. The minimum Gasteiger partial charge on any atom is -0.379 e. The van der Waals surface area contributed by atoms with E-state index in [9.17, 15) is 9.18 Å². The standard InChI is InChI=1S/C11H13FN2O2/c12-10-3-1-9(2-4-10)11(15)13-14-5-7-16-8-6-14/h1-4H,5-8H2,(H,13,15). The molecule has 1 heterocycles. The average Bonchev–Trinajstić information content (AvgIpc) is 2.31. The fraction of sp³-hybridized carbons (Fsp3) is 0.364. The highest BCUT2D eigenvalue weighted by molar-refractivity contribution is 5.93. The maximum Gasteiger partial charge on any atom is 0.265 e. The number of amides is 1. The van der Waals surface area contributed by atoms with Crippen molar-refractivity contribution in [1.82, 2.24) is 10.4 Å². The number of nitrogens with one attached hydrogen (secondary N) is 1. The zero-order valence-electron chi connectivity index (χ0n) is 8.78. The van der Waals surface area contributed by atoms with E-state index in [4.69, 9.17) is 4.74 Å². The molecule has 1 aromatic carbocycles. The molecule has 4 nitrogen and oxygen atoms in total. The predicted molar refractivity (Wildman–Crippen MR) is 56.3 cm³/mol. The first-order valence-electron chi connectivity index (χ1n) is 5.15. The fourth-order valence-electron chi connectivity index (χ4n) is 1.48. The number of benzene rings is 1. The third-order valence-corrected chi connectivity index (χ3v) is 2.38. The molecule has 16 heavy (non-hydrogen) atoms. The first-order valence-corrected chi connectivity index (χ1v) is 5.15. The Balaban J connectivity index is 1.94. The highest BCUT2D eigenvalue weighted by Crippen LogP contribution is 2.03. The number of nitrogens with zero attached hydrogens (tertiary/aromatic N) is 1. The van der Waals surface area contributed by atoms with Gasteiger partial charge in [-0.05, 0) is 24.3 Å². The number of rotatable bonds is 2. The molecule has 1 fully saturated rings. The van der Waals surface area contributed by atoms with Crippen molar-refractivity contribution in [3.63, 3.8) is 0 Å². The van der Waals surface area contributed by atoms with Gasteiger partial charge >= 0.3 is 0 Å². The summed E-state index contributed by atoms with van der Waals surface area (Å²) in [5, 5.41) is 1.80. The summed E-state index contributed by atoms with van der Waals surface area (Å²) >= 11 is 0. The van der Waals surface area contributed by atoms with Crippen LogP contribution in [0.25, 0.3) is 0 Å². The van der Waals surface area contributed by atoms with Crippen LogP contribution in [0, 0.1) is 5.82 Å². The largest absolute Gasteiger partial charge is 0.379 e. The fourth-order valence-corrected chi connectivity index (χ4v) is 1.48. The summed E-state index contributed by atoms with van der Waals surface area (Å²) in [6.07, 6.45) is 0. The maximum atomic E-state index is 12.7. The van der Waals surface area contributed by atoms with Crippen LogP contribution in [0.1, 0.15) is 10.4 Å². The molecule has 0 atom stereocenters. The summed E-state index contributed by atoms with van der Waals surface area (Å²) in [5.41, 5.74) is 3.20. The quantitative estimate of drug-likeness (QED) is 0.808. The number of morpholine rings is 1. The van der Waals surface area contributed by atoms with E-state index in [-0.39, 0.29) is 11.7 Å². The van der Waals surface area contributed by atoms with Gasteiger partial charge in [-0.3, -0.25) is 10.2 Å². The van der Waals surface area contributed by atoms with E-state index in [1.807, 2.05) is 0 Å².